The summed E-state index contributed by atoms with van der Waals surface area (Å²) in [5.74, 6) is 0.138. The fourth-order valence-corrected chi connectivity index (χ4v) is 2.38. The summed E-state index contributed by atoms with van der Waals surface area (Å²) >= 11 is 0. The summed E-state index contributed by atoms with van der Waals surface area (Å²) in [6.45, 7) is 3.38. The monoisotopic (exact) mass is 240 g/mol. The number of nitrogens with two attached hydrogens (primary N) is 1. The lowest BCUT2D eigenvalue weighted by molar-refractivity contribution is -0.131. The maximum absolute atomic E-state index is 11.8. The fraction of sp³-hybridized carbons (Fsp3) is 0.923. The number of primary amides is 1. The van der Waals surface area contributed by atoms with Gasteiger partial charge in [0.2, 0.25) is 5.91 Å². The lowest BCUT2D eigenvalue weighted by Crippen LogP contribution is -2.61. The fourth-order valence-electron chi connectivity index (χ4n) is 2.38. The first-order chi connectivity index (χ1) is 8.19. The number of hydrogen-bond donors (Lipinski definition) is 2. The Balaban J connectivity index is 1.94. The molecule has 4 nitrogen and oxygen atoms in total. The molecule has 98 valence electrons. The molecule has 3 N–H and O–H groups in total. The molecule has 1 amide bonds. The van der Waals surface area contributed by atoms with Gasteiger partial charge >= 0.3 is 0 Å². The van der Waals surface area contributed by atoms with Gasteiger partial charge in [0.25, 0.3) is 0 Å². The van der Waals surface area contributed by atoms with Crippen molar-refractivity contribution in [3.63, 3.8) is 0 Å². The third-order valence-electron chi connectivity index (χ3n) is 4.00. The van der Waals surface area contributed by atoms with Crippen molar-refractivity contribution in [3.05, 3.63) is 0 Å². The third-order valence-corrected chi connectivity index (χ3v) is 4.00. The van der Waals surface area contributed by atoms with Crippen molar-refractivity contribution < 1.29 is 9.53 Å². The molecule has 0 radical (unpaired) electrons. The Morgan fingerprint density at radius 2 is 2.12 bits per heavy atom. The van der Waals surface area contributed by atoms with Crippen LogP contribution in [0.25, 0.3) is 0 Å². The van der Waals surface area contributed by atoms with Gasteiger partial charge in [-0.1, -0.05) is 6.92 Å². The molecule has 17 heavy (non-hydrogen) atoms. The van der Waals surface area contributed by atoms with Crippen LogP contribution in [0, 0.1) is 5.92 Å². The van der Waals surface area contributed by atoms with E-state index in [1.165, 1.54) is 6.42 Å². The normalized spacial score (nSPS) is 24.1. The van der Waals surface area contributed by atoms with E-state index < -0.39 is 5.54 Å². The smallest absolute Gasteiger partial charge is 0.240 e. The number of hydrogen-bond acceptors (Lipinski definition) is 3. The average molecular weight is 240 g/mol. The van der Waals surface area contributed by atoms with Crippen LogP contribution in [-0.2, 0) is 9.53 Å². The predicted molar refractivity (Wildman–Crippen MR) is 66.5 cm³/mol. The van der Waals surface area contributed by atoms with E-state index in [2.05, 4.69) is 12.2 Å². The molecule has 2 saturated carbocycles. The Morgan fingerprint density at radius 1 is 1.41 bits per heavy atom. The molecule has 0 aromatic rings. The Hall–Kier alpha value is -0.610. The SMILES string of the molecule is CCCNC(COC1CCC1)(C(N)=O)C1CC1. The highest BCUT2D eigenvalue weighted by Gasteiger charge is 2.50. The highest BCUT2D eigenvalue weighted by atomic mass is 16.5. The minimum atomic E-state index is -0.606. The highest BCUT2D eigenvalue weighted by molar-refractivity contribution is 5.85. The van der Waals surface area contributed by atoms with Gasteiger partial charge < -0.3 is 15.8 Å². The molecule has 2 aliphatic carbocycles. The molecule has 0 aromatic carbocycles. The molecule has 0 spiro atoms. The quantitative estimate of drug-likeness (QED) is 0.670. The van der Waals surface area contributed by atoms with Crippen LogP contribution in [0.15, 0.2) is 0 Å². The summed E-state index contributed by atoms with van der Waals surface area (Å²) in [6.07, 6.45) is 7.06. The summed E-state index contributed by atoms with van der Waals surface area (Å²) in [6, 6.07) is 0. The molecular weight excluding hydrogens is 216 g/mol. The molecule has 0 heterocycles. The number of carbonyl (C=O) groups excluding carboxylic acids is 1. The van der Waals surface area contributed by atoms with E-state index >= 15 is 0 Å². The minimum Gasteiger partial charge on any atom is -0.376 e. The van der Waals surface area contributed by atoms with Crippen molar-refractivity contribution in [2.45, 2.75) is 57.1 Å². The van der Waals surface area contributed by atoms with Crippen LogP contribution in [0.2, 0.25) is 0 Å². The van der Waals surface area contributed by atoms with Gasteiger partial charge in [-0.25, -0.2) is 0 Å². The zero-order valence-electron chi connectivity index (χ0n) is 10.7. The molecule has 0 saturated heterocycles. The largest absolute Gasteiger partial charge is 0.376 e. The Bertz CT molecular complexity index is 275. The van der Waals surface area contributed by atoms with Crippen molar-refractivity contribution in [3.8, 4) is 0 Å². The van der Waals surface area contributed by atoms with Crippen molar-refractivity contribution >= 4 is 5.91 Å². The number of nitrogens with one attached hydrogen (secondary N) is 1. The van der Waals surface area contributed by atoms with Gasteiger partial charge in [0, 0.05) is 0 Å². The van der Waals surface area contributed by atoms with Gasteiger partial charge in [0.1, 0.15) is 5.54 Å². The second kappa shape index (κ2) is 5.36. The van der Waals surface area contributed by atoms with E-state index in [9.17, 15) is 4.79 Å². The van der Waals surface area contributed by atoms with Crippen LogP contribution in [0.4, 0.5) is 0 Å². The van der Waals surface area contributed by atoms with Crippen molar-refractivity contribution in [2.75, 3.05) is 13.2 Å². The Labute approximate surface area is 103 Å². The third kappa shape index (κ3) is 2.80. The Morgan fingerprint density at radius 3 is 2.53 bits per heavy atom. The predicted octanol–water partition coefficient (Wildman–Crippen LogP) is 1.19. The first kappa shape index (κ1) is 12.8. The van der Waals surface area contributed by atoms with Crippen LogP contribution in [0.3, 0.4) is 0 Å². The lowest BCUT2D eigenvalue weighted by atomic mass is 9.91. The van der Waals surface area contributed by atoms with Gasteiger partial charge in [-0.15, -0.1) is 0 Å². The van der Waals surface area contributed by atoms with Gasteiger partial charge in [-0.05, 0) is 51.0 Å². The van der Waals surface area contributed by atoms with Gasteiger partial charge in [-0.3, -0.25) is 4.79 Å². The maximum Gasteiger partial charge on any atom is 0.240 e. The summed E-state index contributed by atoms with van der Waals surface area (Å²) in [4.78, 5) is 11.8. The highest BCUT2D eigenvalue weighted by Crippen LogP contribution is 2.40. The van der Waals surface area contributed by atoms with Crippen molar-refractivity contribution in [1.29, 1.82) is 0 Å². The number of rotatable bonds is 8. The van der Waals surface area contributed by atoms with Gasteiger partial charge in [-0.2, -0.15) is 0 Å². The molecule has 4 heteroatoms. The molecule has 1 atom stereocenters. The number of ether oxygens (including phenoxy) is 1. The van der Waals surface area contributed by atoms with Crippen LogP contribution >= 0.6 is 0 Å². The summed E-state index contributed by atoms with van der Waals surface area (Å²) in [5, 5.41) is 3.35. The lowest BCUT2D eigenvalue weighted by Gasteiger charge is -2.35. The van der Waals surface area contributed by atoms with Crippen LogP contribution in [0.1, 0.15) is 45.4 Å². The molecule has 1 unspecified atom stereocenters. The van der Waals surface area contributed by atoms with E-state index in [0.717, 1.165) is 38.6 Å². The molecule has 0 aromatic heterocycles. The number of carbonyl (C=O) groups is 1. The van der Waals surface area contributed by atoms with Crippen molar-refractivity contribution in [1.82, 2.24) is 5.32 Å². The standard InChI is InChI=1S/C13H24N2O2/c1-2-8-15-13(12(14)16,10-6-7-10)9-17-11-4-3-5-11/h10-11,15H,2-9H2,1H3,(H2,14,16). The second-order valence-corrected chi connectivity index (χ2v) is 5.40. The first-order valence-corrected chi connectivity index (χ1v) is 6.85. The summed E-state index contributed by atoms with van der Waals surface area (Å²) in [5.41, 5.74) is 5.01. The van der Waals surface area contributed by atoms with E-state index in [1.54, 1.807) is 0 Å². The van der Waals surface area contributed by atoms with E-state index in [4.69, 9.17) is 10.5 Å². The maximum atomic E-state index is 11.8. The van der Waals surface area contributed by atoms with Crippen LogP contribution in [0.5, 0.6) is 0 Å². The molecular formula is C13H24N2O2. The van der Waals surface area contributed by atoms with Crippen LogP contribution < -0.4 is 11.1 Å². The van der Waals surface area contributed by atoms with Gasteiger partial charge in [0.15, 0.2) is 0 Å². The zero-order chi connectivity index (χ0) is 12.3. The van der Waals surface area contributed by atoms with E-state index in [1.807, 2.05) is 0 Å². The molecule has 2 rings (SSSR count). The summed E-state index contributed by atoms with van der Waals surface area (Å²) < 4.78 is 5.84. The van der Waals surface area contributed by atoms with Gasteiger partial charge in [0.05, 0.1) is 12.7 Å². The van der Waals surface area contributed by atoms with Crippen LogP contribution in [-0.4, -0.2) is 30.7 Å². The minimum absolute atomic E-state index is 0.243. The van der Waals surface area contributed by atoms with Crippen molar-refractivity contribution in [2.24, 2.45) is 11.7 Å². The second-order valence-electron chi connectivity index (χ2n) is 5.40. The average Bonchev–Trinajstić information content (AvgIpc) is 3.04. The zero-order valence-corrected chi connectivity index (χ0v) is 10.7. The molecule has 0 aliphatic heterocycles. The number of amides is 1. The topological polar surface area (TPSA) is 64.3 Å². The summed E-state index contributed by atoms with van der Waals surface area (Å²) in [7, 11) is 0. The molecule has 2 fully saturated rings. The van der Waals surface area contributed by atoms with E-state index in [-0.39, 0.29) is 5.91 Å². The molecule has 2 aliphatic rings. The van der Waals surface area contributed by atoms with E-state index in [0.29, 0.717) is 18.6 Å². The Kier molecular flexibility index (Phi) is 4.05. The first-order valence-electron chi connectivity index (χ1n) is 6.85. The molecule has 0 bridgehead atoms.